The minimum Gasteiger partial charge on any atom is -0.258 e. The third-order valence-electron chi connectivity index (χ3n) is 2.36. The summed E-state index contributed by atoms with van der Waals surface area (Å²) in [5, 5.41) is 14.2. The number of hydrogen-bond acceptors (Lipinski definition) is 3. The first-order valence-electron chi connectivity index (χ1n) is 5.31. The normalized spacial score (nSPS) is 9.00. The molecule has 1 aromatic rings. The van der Waals surface area contributed by atoms with Crippen LogP contribution in [0.1, 0.15) is 23.1 Å². The van der Waals surface area contributed by atoms with Crippen LogP contribution in [0.3, 0.4) is 0 Å². The van der Waals surface area contributed by atoms with Gasteiger partial charge in [-0.1, -0.05) is 17.0 Å². The van der Waals surface area contributed by atoms with E-state index < -0.39 is 4.92 Å². The number of nitrogens with zero attached hydrogens (tertiary/aromatic N) is 4. The molecule has 1 aromatic carbocycles. The lowest BCUT2D eigenvalue weighted by Crippen LogP contribution is -1.94. The van der Waals surface area contributed by atoms with Gasteiger partial charge in [0.25, 0.3) is 5.69 Å². The molecule has 0 bridgehead atoms. The van der Waals surface area contributed by atoms with Crippen molar-refractivity contribution in [3.8, 4) is 11.8 Å². The van der Waals surface area contributed by atoms with Crippen molar-refractivity contribution in [3.05, 3.63) is 49.4 Å². The van der Waals surface area contributed by atoms with Crippen molar-refractivity contribution in [3.63, 3.8) is 0 Å². The van der Waals surface area contributed by atoms with Gasteiger partial charge in [-0.3, -0.25) is 10.1 Å². The topological polar surface area (TPSA) is 91.9 Å². The summed E-state index contributed by atoms with van der Waals surface area (Å²) in [5.41, 5.74) is 10.3. The molecule has 0 unspecified atom stereocenters. The predicted octanol–water partition coefficient (Wildman–Crippen LogP) is 3.26. The molecule has 6 heteroatoms. The number of benzene rings is 1. The van der Waals surface area contributed by atoms with Crippen LogP contribution in [0, 0.1) is 35.8 Å². The number of nitro benzene ring substituents is 1. The molecule has 0 saturated heterocycles. The molecule has 0 aliphatic heterocycles. The Bertz CT molecular complexity index is 578. The number of aryl methyl sites for hydroxylation is 2. The van der Waals surface area contributed by atoms with E-state index in [4.69, 9.17) is 5.53 Å². The Balaban J connectivity index is 2.98. The fraction of sp³-hybridized carbons (Fsp3) is 0.333. The molecule has 0 aliphatic carbocycles. The zero-order valence-corrected chi connectivity index (χ0v) is 10.2. The molecule has 0 spiro atoms. The average Bonchev–Trinajstić information content (AvgIpc) is 2.30. The zero-order valence-electron chi connectivity index (χ0n) is 10.2. The molecule has 0 saturated carbocycles. The molecule has 0 radical (unpaired) electrons. The van der Waals surface area contributed by atoms with Gasteiger partial charge in [-0.25, -0.2) is 0 Å². The summed E-state index contributed by atoms with van der Waals surface area (Å²) in [7, 11) is 0. The highest BCUT2D eigenvalue weighted by atomic mass is 16.6. The molecule has 1 rings (SSSR count). The maximum absolute atomic E-state index is 10.8. The molecular formula is C12H12N4O2. The van der Waals surface area contributed by atoms with E-state index in [-0.39, 0.29) is 5.69 Å². The average molecular weight is 244 g/mol. The third kappa shape index (κ3) is 3.51. The lowest BCUT2D eigenvalue weighted by Gasteiger charge is -2.01. The summed E-state index contributed by atoms with van der Waals surface area (Å²) in [6, 6.07) is 3.22. The van der Waals surface area contributed by atoms with Crippen LogP contribution in [0.2, 0.25) is 0 Å². The van der Waals surface area contributed by atoms with Crippen LogP contribution in [-0.2, 0) is 0 Å². The Kier molecular flexibility index (Phi) is 4.73. The summed E-state index contributed by atoms with van der Waals surface area (Å²) in [4.78, 5) is 13.0. The minimum atomic E-state index is -0.417. The van der Waals surface area contributed by atoms with E-state index in [1.54, 1.807) is 13.0 Å². The first-order chi connectivity index (χ1) is 8.56. The zero-order chi connectivity index (χ0) is 13.5. The monoisotopic (exact) mass is 244 g/mol. The summed E-state index contributed by atoms with van der Waals surface area (Å²) in [6.07, 6.45) is 0.436. The van der Waals surface area contributed by atoms with Crippen LogP contribution >= 0.6 is 0 Å². The molecule has 0 atom stereocenters. The Morgan fingerprint density at radius 2 is 2.17 bits per heavy atom. The van der Waals surface area contributed by atoms with Crippen LogP contribution < -0.4 is 0 Å². The predicted molar refractivity (Wildman–Crippen MR) is 68.1 cm³/mol. The van der Waals surface area contributed by atoms with E-state index in [1.807, 2.05) is 6.92 Å². The van der Waals surface area contributed by atoms with Gasteiger partial charge in [0.2, 0.25) is 0 Å². The molecule has 0 fully saturated rings. The fourth-order valence-electron chi connectivity index (χ4n) is 1.48. The molecule has 0 heterocycles. The van der Waals surface area contributed by atoms with Crippen LogP contribution in [0.25, 0.3) is 10.4 Å². The smallest absolute Gasteiger partial charge is 0.258 e. The van der Waals surface area contributed by atoms with Crippen LogP contribution in [0.4, 0.5) is 5.69 Å². The molecule has 18 heavy (non-hydrogen) atoms. The van der Waals surface area contributed by atoms with Gasteiger partial charge in [0.1, 0.15) is 0 Å². The molecule has 0 aliphatic rings. The van der Waals surface area contributed by atoms with Gasteiger partial charge in [0.05, 0.1) is 4.92 Å². The number of nitro groups is 1. The van der Waals surface area contributed by atoms with E-state index in [9.17, 15) is 10.1 Å². The summed E-state index contributed by atoms with van der Waals surface area (Å²) in [5.74, 6) is 5.68. The van der Waals surface area contributed by atoms with Crippen molar-refractivity contribution in [2.75, 3.05) is 6.54 Å². The second kappa shape index (κ2) is 6.28. The first-order valence-corrected chi connectivity index (χ1v) is 5.31. The Labute approximate surface area is 104 Å². The number of rotatable bonds is 3. The van der Waals surface area contributed by atoms with Gasteiger partial charge in [0.15, 0.2) is 0 Å². The maximum Gasteiger partial charge on any atom is 0.273 e. The highest BCUT2D eigenvalue weighted by molar-refractivity contribution is 5.52. The van der Waals surface area contributed by atoms with E-state index >= 15 is 0 Å². The van der Waals surface area contributed by atoms with E-state index in [0.717, 1.165) is 5.56 Å². The SMILES string of the molecule is Cc1cc(C)c([N+](=O)[O-])cc1C#CCCN=[N+]=[N-]. The molecular weight excluding hydrogens is 232 g/mol. The fourth-order valence-corrected chi connectivity index (χ4v) is 1.48. The lowest BCUT2D eigenvalue weighted by atomic mass is 10.0. The minimum absolute atomic E-state index is 0.0694. The maximum atomic E-state index is 10.8. The van der Waals surface area contributed by atoms with Gasteiger partial charge < -0.3 is 0 Å². The van der Waals surface area contributed by atoms with E-state index in [2.05, 4.69) is 21.9 Å². The first kappa shape index (κ1) is 13.6. The molecule has 6 nitrogen and oxygen atoms in total. The second-order valence-electron chi connectivity index (χ2n) is 3.72. The van der Waals surface area contributed by atoms with Gasteiger partial charge in [0, 0.05) is 35.1 Å². The summed E-state index contributed by atoms with van der Waals surface area (Å²) < 4.78 is 0. The van der Waals surface area contributed by atoms with Crippen molar-refractivity contribution in [1.29, 1.82) is 0 Å². The molecule has 0 amide bonds. The highest BCUT2D eigenvalue weighted by Gasteiger charge is 2.12. The van der Waals surface area contributed by atoms with Crippen molar-refractivity contribution in [1.82, 2.24) is 0 Å². The molecule has 0 N–H and O–H groups in total. The van der Waals surface area contributed by atoms with Crippen molar-refractivity contribution in [2.24, 2.45) is 5.11 Å². The number of azide groups is 1. The Hall–Kier alpha value is -2.51. The van der Waals surface area contributed by atoms with Crippen LogP contribution in [0.15, 0.2) is 17.2 Å². The summed E-state index contributed by atoms with van der Waals surface area (Å²) >= 11 is 0. The lowest BCUT2D eigenvalue weighted by molar-refractivity contribution is -0.385. The summed E-state index contributed by atoms with van der Waals surface area (Å²) in [6.45, 7) is 3.86. The van der Waals surface area contributed by atoms with Gasteiger partial charge >= 0.3 is 0 Å². The highest BCUT2D eigenvalue weighted by Crippen LogP contribution is 2.21. The van der Waals surface area contributed by atoms with E-state index in [1.165, 1.54) is 6.07 Å². The van der Waals surface area contributed by atoms with Crippen molar-refractivity contribution >= 4 is 5.69 Å². The van der Waals surface area contributed by atoms with Crippen molar-refractivity contribution in [2.45, 2.75) is 20.3 Å². The molecule has 0 aromatic heterocycles. The van der Waals surface area contributed by atoms with Gasteiger partial charge in [-0.2, -0.15) is 0 Å². The second-order valence-corrected chi connectivity index (χ2v) is 3.72. The van der Waals surface area contributed by atoms with Crippen LogP contribution in [-0.4, -0.2) is 11.5 Å². The quantitative estimate of drug-likeness (QED) is 0.155. The van der Waals surface area contributed by atoms with Gasteiger partial charge in [-0.15, -0.1) is 0 Å². The van der Waals surface area contributed by atoms with E-state index in [0.29, 0.717) is 24.1 Å². The van der Waals surface area contributed by atoms with Crippen LogP contribution in [0.5, 0.6) is 0 Å². The van der Waals surface area contributed by atoms with Gasteiger partial charge in [-0.05, 0) is 31.0 Å². The standard InChI is InChI=1S/C12H12N4O2/c1-9-7-10(2)12(16(17)18)8-11(9)5-3-4-6-14-15-13/h7-8H,4,6H2,1-2H3. The number of hydrogen-bond donors (Lipinski definition) is 0. The Morgan fingerprint density at radius 3 is 2.78 bits per heavy atom. The molecule has 92 valence electrons. The largest absolute Gasteiger partial charge is 0.273 e. The van der Waals surface area contributed by atoms with Crippen molar-refractivity contribution < 1.29 is 4.92 Å². The third-order valence-corrected chi connectivity index (χ3v) is 2.36. The Morgan fingerprint density at radius 1 is 1.44 bits per heavy atom.